The predicted molar refractivity (Wildman–Crippen MR) is 112 cm³/mol. The third-order valence-electron chi connectivity index (χ3n) is 4.96. The van der Waals surface area contributed by atoms with E-state index in [0.29, 0.717) is 0 Å². The van der Waals surface area contributed by atoms with E-state index >= 15 is 0 Å². The number of carbonyl (C=O) groups excluding carboxylic acids is 2. The summed E-state index contributed by atoms with van der Waals surface area (Å²) in [5.74, 6) is -58.5. The molecule has 1 aromatic carbocycles. The molecule has 0 saturated carbocycles. The predicted octanol–water partition coefficient (Wildman–Crippen LogP) is 8.26. The molecule has 1 rings (SSSR count). The van der Waals surface area contributed by atoms with Crippen molar-refractivity contribution in [1.29, 1.82) is 0 Å². The van der Waals surface area contributed by atoms with Gasteiger partial charge in [0, 0.05) is 0 Å². The number of halogens is 18. The van der Waals surface area contributed by atoms with E-state index in [-0.39, 0.29) is 3.57 Å². The van der Waals surface area contributed by atoms with Gasteiger partial charge in [0.2, 0.25) is 0 Å². The van der Waals surface area contributed by atoms with Gasteiger partial charge in [0.05, 0.1) is 0 Å². The molecule has 0 amide bonds. The Labute approximate surface area is 231 Å². The molecule has 0 radical (unpaired) electrons. The molecule has 0 heterocycles. The average Bonchev–Trinajstić information content (AvgIpc) is 2.80. The van der Waals surface area contributed by atoms with Gasteiger partial charge in [0.15, 0.2) is 0 Å². The summed E-state index contributed by atoms with van der Waals surface area (Å²) in [5.41, 5.74) is -0.507. The van der Waals surface area contributed by atoms with Gasteiger partial charge in [-0.05, 0) is 0 Å². The van der Waals surface area contributed by atoms with Crippen LogP contribution in [0.1, 0.15) is 25.8 Å². The van der Waals surface area contributed by atoms with Crippen LogP contribution < -0.4 is 0 Å². The summed E-state index contributed by atoms with van der Waals surface area (Å²) in [5, 5.41) is 0. The first kappa shape index (κ1) is 37.7. The van der Waals surface area contributed by atoms with Crippen molar-refractivity contribution in [2.24, 2.45) is 0 Å². The van der Waals surface area contributed by atoms with E-state index in [4.69, 9.17) is 6.13 Å². The summed E-state index contributed by atoms with van der Waals surface area (Å²) >= 11 is -3.51. The van der Waals surface area contributed by atoms with Gasteiger partial charge in [-0.25, -0.2) is 0 Å². The average molecular weight is 768 g/mol. The van der Waals surface area contributed by atoms with E-state index in [1.54, 1.807) is 0 Å². The van der Waals surface area contributed by atoms with Gasteiger partial charge in [-0.3, -0.25) is 0 Å². The fraction of sp³-hybridized carbons (Fsp3) is 0.600. The standard InChI is InChI=1S/C20H14F17IO4/c1-9(39)41-38(42-10(2)40)12-5-3-11(4-6-12)7-8-13(21,22)14(23,24)15(25,26)16(27,28)17(29,30)18(31,32)19(33,34)20(35,36)37/h3-6H,7-8H2,1-2H3. The Bertz CT molecular complexity index is 1120. The van der Waals surface area contributed by atoms with Crippen molar-refractivity contribution < 1.29 is 90.4 Å². The van der Waals surface area contributed by atoms with Crippen molar-refractivity contribution in [3.63, 3.8) is 0 Å². The molecular weight excluding hydrogens is 754 g/mol. The number of carbonyl (C=O) groups is 2. The van der Waals surface area contributed by atoms with Crippen molar-refractivity contribution in [2.75, 3.05) is 0 Å². The van der Waals surface area contributed by atoms with E-state index in [2.05, 4.69) is 0 Å². The third-order valence-corrected chi connectivity index (χ3v) is 8.74. The molecule has 244 valence electrons. The molecule has 0 aliphatic heterocycles. The number of rotatable bonds is 12. The maximum absolute atomic E-state index is 14.1. The number of hydrogen-bond acceptors (Lipinski definition) is 4. The Morgan fingerprint density at radius 1 is 0.571 bits per heavy atom. The van der Waals surface area contributed by atoms with Gasteiger partial charge in [-0.1, -0.05) is 0 Å². The van der Waals surface area contributed by atoms with Crippen LogP contribution in [0, 0.1) is 3.57 Å². The van der Waals surface area contributed by atoms with Crippen LogP contribution in [0.15, 0.2) is 24.3 Å². The Morgan fingerprint density at radius 3 is 1.24 bits per heavy atom. The van der Waals surface area contributed by atoms with Crippen LogP contribution in [0.25, 0.3) is 0 Å². The van der Waals surface area contributed by atoms with E-state index in [9.17, 15) is 84.2 Å². The topological polar surface area (TPSA) is 52.6 Å². The second-order valence-corrected chi connectivity index (χ2v) is 11.5. The van der Waals surface area contributed by atoms with Crippen molar-refractivity contribution in [3.05, 3.63) is 33.4 Å². The summed E-state index contributed by atoms with van der Waals surface area (Å²) in [6, 6.07) is 3.35. The third kappa shape index (κ3) is 6.45. The van der Waals surface area contributed by atoms with E-state index in [1.807, 2.05) is 0 Å². The minimum atomic E-state index is -8.68. The Morgan fingerprint density at radius 2 is 0.905 bits per heavy atom. The van der Waals surface area contributed by atoms with E-state index in [0.717, 1.165) is 38.1 Å². The van der Waals surface area contributed by atoms with Crippen molar-refractivity contribution in [3.8, 4) is 0 Å². The monoisotopic (exact) mass is 768 g/mol. The fourth-order valence-electron chi connectivity index (χ4n) is 2.71. The zero-order valence-electron chi connectivity index (χ0n) is 20.2. The SMILES string of the molecule is CC(=O)OI(OC(C)=O)c1ccc(CCC(F)(F)C(F)(F)C(F)(F)C(F)(F)C(F)(F)C(F)(F)C(F)(F)C(F)(F)F)cc1. The van der Waals surface area contributed by atoms with Gasteiger partial charge in [0.25, 0.3) is 0 Å². The Kier molecular flexibility index (Phi) is 10.5. The van der Waals surface area contributed by atoms with Crippen LogP contribution in [0.2, 0.25) is 0 Å². The second kappa shape index (κ2) is 11.7. The zero-order chi connectivity index (χ0) is 33.5. The molecule has 0 unspecified atom stereocenters. The summed E-state index contributed by atoms with van der Waals surface area (Å²) in [6.07, 6.45) is -11.9. The molecule has 22 heteroatoms. The maximum atomic E-state index is 14.1. The number of aryl methyl sites for hydroxylation is 1. The van der Waals surface area contributed by atoms with E-state index < -0.39 is 98.6 Å². The summed E-state index contributed by atoms with van der Waals surface area (Å²) in [6.45, 7) is 1.81. The molecular formula is C20H14F17IO4. The van der Waals surface area contributed by atoms with Crippen LogP contribution in [-0.4, -0.2) is 59.6 Å². The fourth-order valence-corrected chi connectivity index (χ4v) is 5.38. The zero-order valence-corrected chi connectivity index (χ0v) is 22.3. The minimum absolute atomic E-state index is 0.0459. The molecule has 0 aliphatic rings. The van der Waals surface area contributed by atoms with Crippen LogP contribution in [0.4, 0.5) is 74.6 Å². The van der Waals surface area contributed by atoms with Gasteiger partial charge in [0.1, 0.15) is 0 Å². The van der Waals surface area contributed by atoms with E-state index in [1.165, 1.54) is 0 Å². The first-order chi connectivity index (χ1) is 18.4. The molecule has 0 spiro atoms. The van der Waals surface area contributed by atoms with Gasteiger partial charge in [-0.15, -0.1) is 0 Å². The Balaban J connectivity index is 3.34. The van der Waals surface area contributed by atoms with Crippen LogP contribution >= 0.6 is 20.6 Å². The number of alkyl halides is 17. The molecule has 42 heavy (non-hydrogen) atoms. The summed E-state index contributed by atoms with van der Waals surface area (Å²) in [4.78, 5) is 22.3. The molecule has 1 aromatic rings. The first-order valence-electron chi connectivity index (χ1n) is 10.3. The van der Waals surface area contributed by atoms with Crippen LogP contribution in [-0.2, 0) is 22.1 Å². The second-order valence-electron chi connectivity index (χ2n) is 8.13. The molecule has 0 fully saturated rings. The van der Waals surface area contributed by atoms with Crippen LogP contribution in [0.3, 0.4) is 0 Å². The van der Waals surface area contributed by atoms with Gasteiger partial charge < -0.3 is 0 Å². The van der Waals surface area contributed by atoms with Gasteiger partial charge >= 0.3 is 200 Å². The van der Waals surface area contributed by atoms with Crippen molar-refractivity contribution >= 4 is 32.6 Å². The normalized spacial score (nSPS) is 14.9. The number of hydrogen-bond donors (Lipinski definition) is 0. The molecule has 4 nitrogen and oxygen atoms in total. The molecule has 0 bridgehead atoms. The van der Waals surface area contributed by atoms with Crippen molar-refractivity contribution in [1.82, 2.24) is 0 Å². The quantitative estimate of drug-likeness (QED) is 0.159. The molecule has 0 aliphatic carbocycles. The number of benzene rings is 1. The van der Waals surface area contributed by atoms with Gasteiger partial charge in [-0.2, -0.15) is 30.7 Å². The summed E-state index contributed by atoms with van der Waals surface area (Å²) < 4.78 is 236. The molecule has 0 atom stereocenters. The first-order valence-corrected chi connectivity index (χ1v) is 13.1. The summed E-state index contributed by atoms with van der Waals surface area (Å²) in [7, 11) is 0. The molecule has 0 saturated heterocycles. The Hall–Kier alpha value is -2.30. The molecule has 0 N–H and O–H groups in total. The van der Waals surface area contributed by atoms with Crippen LogP contribution in [0.5, 0.6) is 0 Å². The van der Waals surface area contributed by atoms with Crippen molar-refractivity contribution in [2.45, 2.75) is 74.3 Å². The molecule has 0 aromatic heterocycles.